The zero-order valence-electron chi connectivity index (χ0n) is 17.4. The van der Waals surface area contributed by atoms with Crippen LogP contribution < -0.4 is 10.6 Å². The topological polar surface area (TPSA) is 60.0 Å². The van der Waals surface area contributed by atoms with Gasteiger partial charge in [0.2, 0.25) is 5.91 Å². The number of aliphatic imine (C=N–C) groups is 1. The number of carbonyl (C=O) groups is 1. The lowest BCUT2D eigenvalue weighted by molar-refractivity contribution is -0.127. The highest BCUT2D eigenvalue weighted by atomic mass is 35.5. The first-order valence-corrected chi connectivity index (χ1v) is 11.7. The number of guanidine groups is 1. The van der Waals surface area contributed by atoms with Gasteiger partial charge in [0.25, 0.3) is 0 Å². The first-order valence-electron chi connectivity index (χ1n) is 10.4. The maximum atomic E-state index is 11.9. The number of hydrogen-bond acceptors (Lipinski definition) is 4. The molecule has 0 spiro atoms. The summed E-state index contributed by atoms with van der Waals surface area (Å²) in [6.45, 7) is 3.24. The smallest absolute Gasteiger partial charge is 0.243 e. The summed E-state index contributed by atoms with van der Waals surface area (Å²) in [5.74, 6) is 1.65. The monoisotopic (exact) mass is 437 g/mol. The lowest BCUT2D eigenvalue weighted by atomic mass is 10.1. The molecule has 1 aromatic carbocycles. The van der Waals surface area contributed by atoms with Crippen LogP contribution in [0.25, 0.3) is 0 Å². The van der Waals surface area contributed by atoms with Crippen molar-refractivity contribution in [2.45, 2.75) is 42.7 Å². The van der Waals surface area contributed by atoms with E-state index in [0.29, 0.717) is 6.04 Å². The van der Waals surface area contributed by atoms with Crippen LogP contribution in [0.1, 0.15) is 25.7 Å². The molecule has 0 unspecified atom stereocenters. The number of likely N-dealkylation sites (tertiary alicyclic amines) is 1. The molecule has 0 radical (unpaired) electrons. The number of nitrogens with one attached hydrogen (secondary N) is 2. The average molecular weight is 438 g/mol. The zero-order valence-corrected chi connectivity index (χ0v) is 18.9. The summed E-state index contributed by atoms with van der Waals surface area (Å²) >= 11 is 7.71. The normalized spacial score (nSPS) is 18.5. The third-order valence-electron chi connectivity index (χ3n) is 5.28. The van der Waals surface area contributed by atoms with Gasteiger partial charge in [-0.3, -0.25) is 4.79 Å². The van der Waals surface area contributed by atoms with Crippen molar-refractivity contribution >= 4 is 35.2 Å². The molecular weight excluding hydrogens is 406 g/mol. The van der Waals surface area contributed by atoms with Crippen LogP contribution in [0.15, 0.2) is 34.2 Å². The van der Waals surface area contributed by atoms with E-state index in [1.165, 1.54) is 17.7 Å². The Labute approximate surface area is 183 Å². The zero-order chi connectivity index (χ0) is 20.6. The van der Waals surface area contributed by atoms with Crippen LogP contribution in [0.5, 0.6) is 0 Å². The second kappa shape index (κ2) is 11.1. The van der Waals surface area contributed by atoms with Gasteiger partial charge in [-0.25, -0.2) is 4.99 Å². The van der Waals surface area contributed by atoms with Crippen molar-refractivity contribution in [1.82, 2.24) is 20.4 Å². The predicted molar refractivity (Wildman–Crippen MR) is 122 cm³/mol. The van der Waals surface area contributed by atoms with Gasteiger partial charge in [-0.05, 0) is 49.9 Å². The van der Waals surface area contributed by atoms with Crippen LogP contribution in [0.4, 0.5) is 0 Å². The Morgan fingerprint density at radius 3 is 2.52 bits per heavy atom. The number of nitrogens with zero attached hydrogens (tertiary/aromatic N) is 3. The lowest BCUT2D eigenvalue weighted by Crippen LogP contribution is -2.49. The minimum Gasteiger partial charge on any atom is -0.356 e. The predicted octanol–water partition coefficient (Wildman–Crippen LogP) is 2.68. The molecule has 0 aromatic heterocycles. The van der Waals surface area contributed by atoms with Crippen molar-refractivity contribution in [1.29, 1.82) is 0 Å². The summed E-state index contributed by atoms with van der Waals surface area (Å²) in [5.41, 5.74) is 0. The average Bonchev–Trinajstić information content (AvgIpc) is 3.56. The number of halogens is 1. The summed E-state index contributed by atoms with van der Waals surface area (Å²) in [5, 5.41) is 7.70. The third-order valence-corrected chi connectivity index (χ3v) is 6.55. The maximum absolute atomic E-state index is 11.9. The van der Waals surface area contributed by atoms with Crippen molar-refractivity contribution in [2.75, 3.05) is 46.0 Å². The van der Waals surface area contributed by atoms with E-state index in [-0.39, 0.29) is 12.5 Å². The van der Waals surface area contributed by atoms with Crippen LogP contribution in [0, 0.1) is 0 Å². The molecule has 1 aliphatic carbocycles. The molecule has 3 rings (SSSR count). The Balaban J connectivity index is 1.46. The van der Waals surface area contributed by atoms with Crippen LogP contribution in [0.2, 0.25) is 5.02 Å². The highest BCUT2D eigenvalue weighted by Crippen LogP contribution is 2.29. The van der Waals surface area contributed by atoms with Gasteiger partial charge in [0.05, 0.1) is 0 Å². The molecule has 0 bridgehead atoms. The van der Waals surface area contributed by atoms with Crippen molar-refractivity contribution in [3.63, 3.8) is 0 Å². The Morgan fingerprint density at radius 2 is 1.90 bits per heavy atom. The fourth-order valence-corrected chi connectivity index (χ4v) is 4.25. The summed E-state index contributed by atoms with van der Waals surface area (Å²) < 4.78 is 0. The molecule has 160 valence electrons. The third kappa shape index (κ3) is 7.72. The van der Waals surface area contributed by atoms with Crippen molar-refractivity contribution in [3.05, 3.63) is 29.3 Å². The molecule has 1 heterocycles. The van der Waals surface area contributed by atoms with Crippen molar-refractivity contribution in [3.8, 4) is 0 Å². The summed E-state index contributed by atoms with van der Waals surface area (Å²) in [4.78, 5) is 21.9. The minimum atomic E-state index is 0.00481. The largest absolute Gasteiger partial charge is 0.356 e. The molecule has 8 heteroatoms. The fourth-order valence-electron chi connectivity index (χ4n) is 3.35. The number of amides is 1. The Kier molecular flexibility index (Phi) is 8.51. The van der Waals surface area contributed by atoms with Gasteiger partial charge < -0.3 is 20.4 Å². The molecule has 0 atom stereocenters. The molecule has 1 saturated carbocycles. The molecule has 2 fully saturated rings. The Bertz CT molecular complexity index is 685. The Hall–Kier alpha value is -1.44. The maximum Gasteiger partial charge on any atom is 0.243 e. The van der Waals surface area contributed by atoms with E-state index in [4.69, 9.17) is 11.6 Å². The van der Waals surface area contributed by atoms with E-state index >= 15 is 0 Å². The summed E-state index contributed by atoms with van der Waals surface area (Å²) in [7, 11) is 3.52. The summed E-state index contributed by atoms with van der Waals surface area (Å²) in [6, 6.07) is 9.13. The van der Waals surface area contributed by atoms with E-state index < -0.39 is 0 Å². The second-order valence-electron chi connectivity index (χ2n) is 7.87. The molecule has 2 aliphatic rings. The van der Waals surface area contributed by atoms with Gasteiger partial charge in [0.15, 0.2) is 5.96 Å². The molecule has 1 aromatic rings. The van der Waals surface area contributed by atoms with Gasteiger partial charge >= 0.3 is 0 Å². The molecule has 1 amide bonds. The number of piperidine rings is 1. The minimum absolute atomic E-state index is 0.00481. The van der Waals surface area contributed by atoms with Crippen LogP contribution in [-0.4, -0.2) is 79.8 Å². The van der Waals surface area contributed by atoms with Crippen molar-refractivity contribution in [2.24, 2.45) is 4.99 Å². The lowest BCUT2D eigenvalue weighted by Gasteiger charge is -2.33. The Morgan fingerprint density at radius 1 is 1.21 bits per heavy atom. The number of rotatable bonds is 8. The molecule has 6 nitrogen and oxygen atoms in total. The quantitative estimate of drug-likeness (QED) is 0.283. The highest BCUT2D eigenvalue weighted by Gasteiger charge is 2.31. The number of thioether (sulfide) groups is 1. The fraction of sp³-hybridized carbons (Fsp3) is 0.619. The highest BCUT2D eigenvalue weighted by molar-refractivity contribution is 7.99. The van der Waals surface area contributed by atoms with Gasteiger partial charge in [0.1, 0.15) is 6.54 Å². The molecule has 2 N–H and O–H groups in total. The van der Waals surface area contributed by atoms with Gasteiger partial charge in [-0.1, -0.05) is 11.6 Å². The molecule has 1 aliphatic heterocycles. The van der Waals surface area contributed by atoms with E-state index in [9.17, 15) is 4.79 Å². The van der Waals surface area contributed by atoms with Crippen molar-refractivity contribution < 1.29 is 4.79 Å². The van der Waals surface area contributed by atoms with E-state index in [0.717, 1.165) is 55.3 Å². The number of carbonyl (C=O) groups excluding carboxylic acids is 1. The SMILES string of the molecule is CN(C)C(=O)CN=C(NCCSc1ccc(Cl)cc1)NC1CCN(C2CC2)CC1. The standard InChI is InChI=1S/C21H32ClN5OS/c1-26(2)20(28)15-24-21(23-11-14-29-19-7-3-16(22)4-8-19)25-17-9-12-27(13-10-17)18-5-6-18/h3-4,7-8,17-18H,5-6,9-15H2,1-2H3,(H2,23,24,25). The van der Waals surface area contributed by atoms with Crippen LogP contribution in [-0.2, 0) is 4.79 Å². The first kappa shape index (κ1) is 22.2. The van der Waals surface area contributed by atoms with Crippen LogP contribution in [0.3, 0.4) is 0 Å². The number of likely N-dealkylation sites (N-methyl/N-ethyl adjacent to an activating group) is 1. The van der Waals surface area contributed by atoms with E-state index in [2.05, 4.69) is 20.5 Å². The second-order valence-corrected chi connectivity index (χ2v) is 9.47. The number of hydrogen-bond donors (Lipinski definition) is 2. The van der Waals surface area contributed by atoms with E-state index in [1.54, 1.807) is 30.8 Å². The molecule has 1 saturated heterocycles. The van der Waals surface area contributed by atoms with Gasteiger partial charge in [0, 0.05) is 61.5 Å². The first-order chi connectivity index (χ1) is 14.0. The van der Waals surface area contributed by atoms with Gasteiger partial charge in [-0.2, -0.15) is 0 Å². The molecule has 29 heavy (non-hydrogen) atoms. The van der Waals surface area contributed by atoms with Crippen LogP contribution >= 0.6 is 23.4 Å². The molecular formula is C21H32ClN5OS. The summed E-state index contributed by atoms with van der Waals surface area (Å²) in [6.07, 6.45) is 4.98. The number of benzene rings is 1. The van der Waals surface area contributed by atoms with E-state index in [1.807, 2.05) is 24.3 Å². The van der Waals surface area contributed by atoms with Gasteiger partial charge in [-0.15, -0.1) is 11.8 Å².